The molecule has 0 heterocycles. The van der Waals surface area contributed by atoms with Gasteiger partial charge >= 0.3 is 0 Å². The average molecular weight is 320 g/mol. The summed E-state index contributed by atoms with van der Waals surface area (Å²) in [7, 11) is 0. The molecule has 22 heavy (non-hydrogen) atoms. The molecule has 1 N–H and O–H groups in total. The Bertz CT molecular complexity index is 587. The van der Waals surface area contributed by atoms with Crippen molar-refractivity contribution in [2.24, 2.45) is 0 Å². The van der Waals surface area contributed by atoms with E-state index in [0.717, 1.165) is 17.9 Å². The first-order valence-corrected chi connectivity index (χ1v) is 7.95. The predicted molar refractivity (Wildman–Crippen MR) is 90.8 cm³/mol. The van der Waals surface area contributed by atoms with Crippen molar-refractivity contribution >= 4 is 11.6 Å². The maximum atomic E-state index is 6.34. The molecule has 3 nitrogen and oxygen atoms in total. The molecule has 0 saturated heterocycles. The summed E-state index contributed by atoms with van der Waals surface area (Å²) in [4.78, 5) is 0. The third-order valence-electron chi connectivity index (χ3n) is 3.20. The van der Waals surface area contributed by atoms with Crippen molar-refractivity contribution in [2.45, 2.75) is 26.9 Å². The van der Waals surface area contributed by atoms with E-state index < -0.39 is 0 Å². The Morgan fingerprint density at radius 2 is 1.55 bits per heavy atom. The minimum atomic E-state index is 0.585. The molecule has 0 amide bonds. The van der Waals surface area contributed by atoms with Crippen LogP contribution < -0.4 is 14.8 Å². The standard InChI is InChI=1S/C18H22ClNO2/c1-3-21-17-10-15(16(19)11-18(17)22-4-2)13-20-12-14-8-6-5-7-9-14/h5-11,20H,3-4,12-13H2,1-2H3. The highest BCUT2D eigenvalue weighted by Crippen LogP contribution is 2.33. The van der Waals surface area contributed by atoms with Gasteiger partial charge in [0.25, 0.3) is 0 Å². The zero-order valence-electron chi connectivity index (χ0n) is 13.1. The van der Waals surface area contributed by atoms with E-state index in [2.05, 4.69) is 17.4 Å². The van der Waals surface area contributed by atoms with Crippen LogP contribution in [0.5, 0.6) is 11.5 Å². The molecule has 2 aromatic rings. The third-order valence-corrected chi connectivity index (χ3v) is 3.55. The van der Waals surface area contributed by atoms with Crippen molar-refractivity contribution in [3.05, 3.63) is 58.6 Å². The quantitative estimate of drug-likeness (QED) is 0.781. The second-order valence-electron chi connectivity index (χ2n) is 4.85. The summed E-state index contributed by atoms with van der Waals surface area (Å²) in [6, 6.07) is 14.1. The third kappa shape index (κ3) is 4.65. The Hall–Kier alpha value is -1.71. The SMILES string of the molecule is CCOc1cc(Cl)c(CNCc2ccccc2)cc1OCC. The summed E-state index contributed by atoms with van der Waals surface area (Å²) in [6.07, 6.45) is 0. The number of hydrogen-bond acceptors (Lipinski definition) is 3. The van der Waals surface area contributed by atoms with Crippen molar-refractivity contribution in [2.75, 3.05) is 13.2 Å². The van der Waals surface area contributed by atoms with Gasteiger partial charge in [-0.1, -0.05) is 41.9 Å². The molecule has 2 aromatic carbocycles. The van der Waals surface area contributed by atoms with Gasteiger partial charge < -0.3 is 14.8 Å². The van der Waals surface area contributed by atoms with Gasteiger partial charge in [-0.15, -0.1) is 0 Å². The van der Waals surface area contributed by atoms with E-state index in [1.54, 1.807) is 0 Å². The van der Waals surface area contributed by atoms with Crippen LogP contribution in [0.4, 0.5) is 0 Å². The minimum absolute atomic E-state index is 0.585. The van der Waals surface area contributed by atoms with Gasteiger partial charge in [-0.3, -0.25) is 0 Å². The summed E-state index contributed by atoms with van der Waals surface area (Å²) < 4.78 is 11.2. The molecule has 0 spiro atoms. The summed E-state index contributed by atoms with van der Waals surface area (Å²) in [6.45, 7) is 6.56. The number of benzene rings is 2. The lowest BCUT2D eigenvalue weighted by molar-refractivity contribution is 0.287. The van der Waals surface area contributed by atoms with Crippen LogP contribution in [0.15, 0.2) is 42.5 Å². The largest absolute Gasteiger partial charge is 0.490 e. The number of hydrogen-bond donors (Lipinski definition) is 1. The Balaban J connectivity index is 2.05. The van der Waals surface area contributed by atoms with Gasteiger partial charge in [0.05, 0.1) is 13.2 Å². The number of halogens is 1. The summed E-state index contributed by atoms with van der Waals surface area (Å²) in [5, 5.41) is 4.09. The summed E-state index contributed by atoms with van der Waals surface area (Å²) in [5.74, 6) is 1.44. The van der Waals surface area contributed by atoms with Gasteiger partial charge in [0.2, 0.25) is 0 Å². The van der Waals surface area contributed by atoms with Gasteiger partial charge in [0, 0.05) is 24.2 Å². The molecule has 0 saturated carbocycles. The number of nitrogens with one attached hydrogen (secondary N) is 1. The fraction of sp³-hybridized carbons (Fsp3) is 0.333. The van der Waals surface area contributed by atoms with Crippen molar-refractivity contribution < 1.29 is 9.47 Å². The normalized spacial score (nSPS) is 10.5. The molecule has 118 valence electrons. The second-order valence-corrected chi connectivity index (χ2v) is 5.25. The molecule has 2 rings (SSSR count). The van der Waals surface area contributed by atoms with Crippen LogP contribution in [0.2, 0.25) is 5.02 Å². The average Bonchev–Trinajstić information content (AvgIpc) is 2.53. The first kappa shape index (κ1) is 16.7. The van der Waals surface area contributed by atoms with Crippen molar-refractivity contribution in [1.29, 1.82) is 0 Å². The van der Waals surface area contributed by atoms with E-state index in [1.165, 1.54) is 5.56 Å². The molecule has 0 aliphatic heterocycles. The molecule has 0 fully saturated rings. The van der Waals surface area contributed by atoms with Crippen molar-refractivity contribution in [3.8, 4) is 11.5 Å². The lowest BCUT2D eigenvalue weighted by atomic mass is 10.1. The van der Waals surface area contributed by atoms with E-state index in [1.807, 2.05) is 44.2 Å². The highest BCUT2D eigenvalue weighted by atomic mass is 35.5. The lowest BCUT2D eigenvalue weighted by Gasteiger charge is -2.14. The van der Waals surface area contributed by atoms with Gasteiger partial charge in [-0.2, -0.15) is 0 Å². The van der Waals surface area contributed by atoms with Crippen LogP contribution in [0.1, 0.15) is 25.0 Å². The number of rotatable bonds is 8. The Morgan fingerprint density at radius 3 is 2.18 bits per heavy atom. The van der Waals surface area contributed by atoms with E-state index in [9.17, 15) is 0 Å². The maximum absolute atomic E-state index is 6.34. The fourth-order valence-electron chi connectivity index (χ4n) is 2.19. The Kier molecular flexibility index (Phi) is 6.56. The molecular weight excluding hydrogens is 298 g/mol. The molecule has 0 aliphatic carbocycles. The lowest BCUT2D eigenvalue weighted by Crippen LogP contribution is -2.13. The molecule has 4 heteroatoms. The zero-order valence-corrected chi connectivity index (χ0v) is 13.8. The number of ether oxygens (including phenoxy) is 2. The van der Waals surface area contributed by atoms with Crippen LogP contribution in [-0.4, -0.2) is 13.2 Å². The predicted octanol–water partition coefficient (Wildman–Crippen LogP) is 4.43. The summed E-state index contributed by atoms with van der Waals surface area (Å²) >= 11 is 6.34. The smallest absolute Gasteiger partial charge is 0.162 e. The van der Waals surface area contributed by atoms with Crippen molar-refractivity contribution in [1.82, 2.24) is 5.32 Å². The van der Waals surface area contributed by atoms with Gasteiger partial charge in [-0.05, 0) is 31.0 Å². The van der Waals surface area contributed by atoms with E-state index in [4.69, 9.17) is 21.1 Å². The van der Waals surface area contributed by atoms with Gasteiger partial charge in [0.15, 0.2) is 11.5 Å². The summed E-state index contributed by atoms with van der Waals surface area (Å²) in [5.41, 5.74) is 2.25. The highest BCUT2D eigenvalue weighted by Gasteiger charge is 2.10. The topological polar surface area (TPSA) is 30.5 Å². The van der Waals surface area contributed by atoms with E-state index in [0.29, 0.717) is 30.5 Å². The highest BCUT2D eigenvalue weighted by molar-refractivity contribution is 6.31. The molecule has 0 unspecified atom stereocenters. The van der Waals surface area contributed by atoms with Crippen LogP contribution in [-0.2, 0) is 13.1 Å². The van der Waals surface area contributed by atoms with Gasteiger partial charge in [-0.25, -0.2) is 0 Å². The van der Waals surface area contributed by atoms with E-state index in [-0.39, 0.29) is 0 Å². The molecule has 0 aromatic heterocycles. The first-order chi connectivity index (χ1) is 10.7. The fourth-order valence-corrected chi connectivity index (χ4v) is 2.41. The Morgan fingerprint density at radius 1 is 0.909 bits per heavy atom. The molecule has 0 atom stereocenters. The van der Waals surface area contributed by atoms with Crippen LogP contribution >= 0.6 is 11.6 Å². The van der Waals surface area contributed by atoms with E-state index >= 15 is 0 Å². The monoisotopic (exact) mass is 319 g/mol. The van der Waals surface area contributed by atoms with Crippen molar-refractivity contribution in [3.63, 3.8) is 0 Å². The molecule has 0 aliphatic rings. The minimum Gasteiger partial charge on any atom is -0.490 e. The molecule has 0 radical (unpaired) electrons. The maximum Gasteiger partial charge on any atom is 0.162 e. The molecular formula is C18H22ClNO2. The zero-order chi connectivity index (χ0) is 15.8. The first-order valence-electron chi connectivity index (χ1n) is 7.57. The molecule has 0 bridgehead atoms. The van der Waals surface area contributed by atoms with Crippen LogP contribution in [0.25, 0.3) is 0 Å². The van der Waals surface area contributed by atoms with Crippen LogP contribution in [0, 0.1) is 0 Å². The second kappa shape index (κ2) is 8.66. The van der Waals surface area contributed by atoms with Crippen LogP contribution in [0.3, 0.4) is 0 Å². The van der Waals surface area contributed by atoms with Gasteiger partial charge in [0.1, 0.15) is 0 Å². The Labute approximate surface area is 137 Å².